The summed E-state index contributed by atoms with van der Waals surface area (Å²) in [6, 6.07) is 7.08. The van der Waals surface area contributed by atoms with Gasteiger partial charge in [0.05, 0.1) is 18.2 Å². The van der Waals surface area contributed by atoms with Gasteiger partial charge >= 0.3 is 5.97 Å². The maximum atomic E-state index is 12.9. The summed E-state index contributed by atoms with van der Waals surface area (Å²) in [6.45, 7) is 2.35. The molecule has 1 fully saturated rings. The van der Waals surface area contributed by atoms with E-state index in [2.05, 4.69) is 10.6 Å². The monoisotopic (exact) mass is 445 g/mol. The van der Waals surface area contributed by atoms with Gasteiger partial charge < -0.3 is 25.0 Å². The van der Waals surface area contributed by atoms with E-state index in [1.807, 2.05) is 38.2 Å². The number of anilines is 1. The van der Waals surface area contributed by atoms with Gasteiger partial charge in [-0.3, -0.25) is 4.79 Å². The van der Waals surface area contributed by atoms with Crippen molar-refractivity contribution in [3.63, 3.8) is 0 Å². The van der Waals surface area contributed by atoms with Crippen LogP contribution in [0.15, 0.2) is 35.5 Å². The number of allylic oxidation sites excluding steroid dienone is 1. The highest BCUT2D eigenvalue weighted by Crippen LogP contribution is 2.32. The summed E-state index contributed by atoms with van der Waals surface area (Å²) in [5, 5.41) is 6.80. The number of thiocarbonyl (C=S) groups is 1. The van der Waals surface area contributed by atoms with Crippen molar-refractivity contribution < 1.29 is 19.1 Å². The largest absolute Gasteiger partial charge is 0.460 e. The van der Waals surface area contributed by atoms with E-state index in [0.717, 1.165) is 36.9 Å². The molecule has 31 heavy (non-hydrogen) atoms. The molecule has 1 aromatic carbocycles. The van der Waals surface area contributed by atoms with Crippen molar-refractivity contribution >= 4 is 34.9 Å². The number of amides is 1. The van der Waals surface area contributed by atoms with Crippen LogP contribution in [-0.2, 0) is 19.1 Å². The summed E-state index contributed by atoms with van der Waals surface area (Å²) in [5.41, 5.74) is 2.76. The number of nitrogens with zero attached hydrogens (tertiary/aromatic N) is 1. The lowest BCUT2D eigenvalue weighted by molar-refractivity contribution is -0.140. The number of hydrogen-bond acceptors (Lipinski definition) is 5. The molecule has 8 heteroatoms. The molecule has 0 saturated heterocycles. The van der Waals surface area contributed by atoms with Crippen molar-refractivity contribution in [3.05, 3.63) is 41.1 Å². The molecule has 1 unspecified atom stereocenters. The Labute approximate surface area is 189 Å². The average Bonchev–Trinajstić information content (AvgIpc) is 2.78. The predicted molar refractivity (Wildman–Crippen MR) is 123 cm³/mol. The van der Waals surface area contributed by atoms with Crippen molar-refractivity contribution in [2.45, 2.75) is 45.1 Å². The highest BCUT2D eigenvalue weighted by molar-refractivity contribution is 7.80. The molecule has 1 heterocycles. The number of carbonyl (C=O) groups is 2. The topological polar surface area (TPSA) is 79.9 Å². The van der Waals surface area contributed by atoms with Gasteiger partial charge in [0.15, 0.2) is 5.11 Å². The zero-order chi connectivity index (χ0) is 22.4. The molecule has 2 aliphatic rings. The van der Waals surface area contributed by atoms with E-state index in [1.165, 1.54) is 6.42 Å². The number of ether oxygens (including phenoxy) is 2. The molecule has 0 spiro atoms. The molecule has 3 rings (SSSR count). The van der Waals surface area contributed by atoms with Gasteiger partial charge in [-0.1, -0.05) is 31.4 Å². The van der Waals surface area contributed by atoms with E-state index >= 15 is 0 Å². The lowest BCUT2D eigenvalue weighted by atomic mass is 9.88. The summed E-state index contributed by atoms with van der Waals surface area (Å²) in [5.74, 6) is -0.285. The Morgan fingerprint density at radius 3 is 2.68 bits per heavy atom. The molecule has 7 nitrogen and oxygen atoms in total. The average molecular weight is 446 g/mol. The molecule has 1 saturated carbocycles. The first kappa shape index (κ1) is 23.2. The summed E-state index contributed by atoms with van der Waals surface area (Å²) < 4.78 is 10.4. The predicted octanol–water partition coefficient (Wildman–Crippen LogP) is 3.53. The van der Waals surface area contributed by atoms with Gasteiger partial charge in [0.1, 0.15) is 6.61 Å². The smallest absolute Gasteiger partial charge is 0.338 e. The molecule has 2 N–H and O–H groups in total. The molecule has 1 atom stereocenters. The summed E-state index contributed by atoms with van der Waals surface area (Å²) in [6.07, 6.45) is 5.29. The molecule has 0 bridgehead atoms. The molecule has 1 amide bonds. The van der Waals surface area contributed by atoms with Crippen LogP contribution in [-0.4, -0.2) is 49.3 Å². The van der Waals surface area contributed by atoms with Crippen LogP contribution in [0.1, 0.15) is 50.6 Å². The number of nitrogens with one attached hydrogen (secondary N) is 2. The Balaban J connectivity index is 1.83. The van der Waals surface area contributed by atoms with Crippen LogP contribution in [0.5, 0.6) is 0 Å². The van der Waals surface area contributed by atoms with Crippen LogP contribution < -0.4 is 10.6 Å². The van der Waals surface area contributed by atoms with Crippen LogP contribution in [0.3, 0.4) is 0 Å². The van der Waals surface area contributed by atoms with Gasteiger partial charge in [0.2, 0.25) is 5.91 Å². The van der Waals surface area contributed by atoms with Gasteiger partial charge in [-0.05, 0) is 49.7 Å². The first-order valence-electron chi connectivity index (χ1n) is 10.7. The fourth-order valence-electron chi connectivity index (χ4n) is 4.05. The van der Waals surface area contributed by atoms with Crippen molar-refractivity contribution in [2.24, 2.45) is 5.92 Å². The number of hydrogen-bond donors (Lipinski definition) is 2. The first-order valence-corrected chi connectivity index (χ1v) is 11.1. The van der Waals surface area contributed by atoms with Crippen LogP contribution in [0.25, 0.3) is 0 Å². The molecule has 0 radical (unpaired) electrons. The number of esters is 1. The molecule has 168 valence electrons. The molecule has 1 aromatic rings. The van der Waals surface area contributed by atoms with E-state index in [4.69, 9.17) is 21.7 Å². The molecular weight excluding hydrogens is 414 g/mol. The van der Waals surface area contributed by atoms with E-state index in [9.17, 15) is 9.59 Å². The van der Waals surface area contributed by atoms with Crippen LogP contribution >= 0.6 is 12.2 Å². The standard InChI is InChI=1S/C23H31N3O4S/c1-15-19(22(28)30-13-12-29-3)20(25-23(31)26(15)2)17-10-7-11-18(14-17)24-21(27)16-8-5-4-6-9-16/h7,10-11,14,16,20H,4-6,8-9,12-13H2,1-3H3,(H,24,27)(H,25,31). The Hall–Kier alpha value is -2.45. The van der Waals surface area contributed by atoms with Crippen molar-refractivity contribution in [1.29, 1.82) is 0 Å². The Morgan fingerprint density at radius 1 is 1.23 bits per heavy atom. The zero-order valence-electron chi connectivity index (χ0n) is 18.4. The number of rotatable bonds is 7. The maximum absolute atomic E-state index is 12.9. The minimum absolute atomic E-state index is 0.0645. The van der Waals surface area contributed by atoms with Gasteiger partial charge in [0.25, 0.3) is 0 Å². The second-order valence-corrected chi connectivity index (χ2v) is 8.41. The third-order valence-electron chi connectivity index (χ3n) is 5.96. The summed E-state index contributed by atoms with van der Waals surface area (Å²) in [7, 11) is 3.37. The molecular formula is C23H31N3O4S. The molecule has 0 aromatic heterocycles. The van der Waals surface area contributed by atoms with Gasteiger partial charge in [-0.15, -0.1) is 0 Å². The molecule has 1 aliphatic heterocycles. The van der Waals surface area contributed by atoms with Crippen LogP contribution in [0.2, 0.25) is 0 Å². The number of carbonyl (C=O) groups excluding carboxylic acids is 2. The van der Waals surface area contributed by atoms with Crippen LogP contribution in [0.4, 0.5) is 5.69 Å². The SMILES string of the molecule is COCCOC(=O)C1=C(C)N(C)C(=S)NC1c1cccc(NC(=O)C2CCCCC2)c1. The lowest BCUT2D eigenvalue weighted by Crippen LogP contribution is -2.46. The van der Waals surface area contributed by atoms with E-state index in [0.29, 0.717) is 23.0 Å². The third kappa shape index (κ3) is 5.62. The molecule has 1 aliphatic carbocycles. The summed E-state index contributed by atoms with van der Waals surface area (Å²) in [4.78, 5) is 27.3. The Bertz CT molecular complexity index is 864. The quantitative estimate of drug-likeness (QED) is 0.378. The van der Waals surface area contributed by atoms with Gasteiger partial charge in [0, 0.05) is 31.5 Å². The minimum atomic E-state index is -0.467. The number of benzene rings is 1. The highest BCUT2D eigenvalue weighted by atomic mass is 32.1. The van der Waals surface area contributed by atoms with Crippen molar-refractivity contribution in [3.8, 4) is 0 Å². The zero-order valence-corrected chi connectivity index (χ0v) is 19.2. The van der Waals surface area contributed by atoms with E-state index < -0.39 is 12.0 Å². The minimum Gasteiger partial charge on any atom is -0.460 e. The second kappa shape index (κ2) is 10.7. The highest BCUT2D eigenvalue weighted by Gasteiger charge is 2.33. The normalized spacial score (nSPS) is 19.8. The van der Waals surface area contributed by atoms with Crippen molar-refractivity contribution in [1.82, 2.24) is 10.2 Å². The fraction of sp³-hybridized carbons (Fsp3) is 0.522. The first-order chi connectivity index (χ1) is 14.9. The maximum Gasteiger partial charge on any atom is 0.338 e. The third-order valence-corrected chi connectivity index (χ3v) is 6.35. The van der Waals surface area contributed by atoms with Crippen LogP contribution in [0, 0.1) is 5.92 Å². The summed E-state index contributed by atoms with van der Waals surface area (Å²) >= 11 is 5.46. The Kier molecular flexibility index (Phi) is 8.03. The van der Waals surface area contributed by atoms with E-state index in [1.54, 1.807) is 12.0 Å². The lowest BCUT2D eigenvalue weighted by Gasteiger charge is -2.35. The van der Waals surface area contributed by atoms with E-state index in [-0.39, 0.29) is 18.4 Å². The number of methoxy groups -OCH3 is 1. The van der Waals surface area contributed by atoms with Crippen molar-refractivity contribution in [2.75, 3.05) is 32.7 Å². The fourth-order valence-corrected chi connectivity index (χ4v) is 4.31. The van der Waals surface area contributed by atoms with Gasteiger partial charge in [-0.2, -0.15) is 0 Å². The Morgan fingerprint density at radius 2 is 1.97 bits per heavy atom. The second-order valence-electron chi connectivity index (χ2n) is 8.02. The van der Waals surface area contributed by atoms with Gasteiger partial charge in [-0.25, -0.2) is 4.79 Å².